The minimum Gasteiger partial charge on any atom is -0.270 e. The molecule has 118 valence electrons. The van der Waals surface area contributed by atoms with Crippen LogP contribution in [0.25, 0.3) is 0 Å². The molecule has 0 aromatic heterocycles. The molecule has 2 rings (SSSR count). The van der Waals surface area contributed by atoms with Crippen molar-refractivity contribution in [2.45, 2.75) is 75.5 Å². The molecule has 0 N–H and O–H groups in total. The van der Waals surface area contributed by atoms with Crippen molar-refractivity contribution in [2.75, 3.05) is 19.0 Å². The van der Waals surface area contributed by atoms with E-state index in [1.54, 1.807) is 0 Å². The lowest BCUT2D eigenvalue weighted by atomic mass is 9.99. The second-order valence-corrected chi connectivity index (χ2v) is 10.9. The molecule has 20 heavy (non-hydrogen) atoms. The Kier molecular flexibility index (Phi) is 6.77. The maximum absolute atomic E-state index is 11.2. The summed E-state index contributed by atoms with van der Waals surface area (Å²) in [5.74, 6) is 0. The zero-order valence-electron chi connectivity index (χ0n) is 12.7. The Hall–Kier alpha value is 0.340. The first-order valence-corrected chi connectivity index (χ1v) is 11.6. The molecular formula is C15H29O3PS. The van der Waals surface area contributed by atoms with E-state index in [0.29, 0.717) is 6.61 Å². The lowest BCUT2D eigenvalue weighted by molar-refractivity contribution is 0.343. The Morgan fingerprint density at radius 1 is 0.900 bits per heavy atom. The lowest BCUT2D eigenvalue weighted by Gasteiger charge is -2.38. The first kappa shape index (κ1) is 16.7. The molecule has 2 aliphatic carbocycles. The van der Waals surface area contributed by atoms with Crippen LogP contribution in [0.5, 0.6) is 0 Å². The summed E-state index contributed by atoms with van der Waals surface area (Å²) in [4.78, 5) is 0. The molecule has 0 amide bonds. The predicted molar refractivity (Wildman–Crippen MR) is 86.3 cm³/mol. The Labute approximate surface area is 125 Å². The van der Waals surface area contributed by atoms with Gasteiger partial charge in [0, 0.05) is 0 Å². The van der Waals surface area contributed by atoms with E-state index < -0.39 is 10.1 Å². The zero-order chi connectivity index (χ0) is 14.4. The maximum Gasteiger partial charge on any atom is 0.264 e. The number of rotatable bonds is 6. The van der Waals surface area contributed by atoms with E-state index in [1.165, 1.54) is 64.2 Å². The van der Waals surface area contributed by atoms with E-state index in [9.17, 15) is 8.42 Å². The third-order valence-corrected chi connectivity index (χ3v) is 8.94. The largest absolute Gasteiger partial charge is 0.270 e. The van der Waals surface area contributed by atoms with Gasteiger partial charge in [0.2, 0.25) is 0 Å². The second kappa shape index (κ2) is 8.10. The van der Waals surface area contributed by atoms with Crippen LogP contribution in [0.1, 0.15) is 64.2 Å². The summed E-state index contributed by atoms with van der Waals surface area (Å²) in [6.07, 6.45) is 16.0. The minimum absolute atomic E-state index is 0.0395. The summed E-state index contributed by atoms with van der Waals surface area (Å²) in [5, 5.41) is 0. The highest BCUT2D eigenvalue weighted by Crippen LogP contribution is 2.55. The Morgan fingerprint density at radius 3 is 1.75 bits per heavy atom. The maximum atomic E-state index is 11.2. The molecule has 2 aliphatic rings. The summed E-state index contributed by atoms with van der Waals surface area (Å²) in [6, 6.07) is 0. The van der Waals surface area contributed by atoms with Crippen molar-refractivity contribution in [3.63, 3.8) is 0 Å². The van der Waals surface area contributed by atoms with E-state index in [2.05, 4.69) is 0 Å². The van der Waals surface area contributed by atoms with Gasteiger partial charge in [-0.25, -0.2) is 0 Å². The van der Waals surface area contributed by atoms with Crippen LogP contribution < -0.4 is 0 Å². The van der Waals surface area contributed by atoms with Crippen LogP contribution in [0.3, 0.4) is 0 Å². The van der Waals surface area contributed by atoms with Gasteiger partial charge in [0.05, 0.1) is 12.9 Å². The molecule has 3 nitrogen and oxygen atoms in total. The van der Waals surface area contributed by atoms with Crippen LogP contribution in [0, 0.1) is 0 Å². The Balaban J connectivity index is 1.91. The monoisotopic (exact) mass is 320 g/mol. The summed E-state index contributed by atoms with van der Waals surface area (Å²) in [5.41, 5.74) is 1.76. The van der Waals surface area contributed by atoms with Gasteiger partial charge in [-0.3, -0.25) is 4.18 Å². The van der Waals surface area contributed by atoms with Gasteiger partial charge in [-0.2, -0.15) is 8.42 Å². The quantitative estimate of drug-likeness (QED) is 0.546. The lowest BCUT2D eigenvalue weighted by Crippen LogP contribution is -2.23. The van der Waals surface area contributed by atoms with Crippen molar-refractivity contribution in [2.24, 2.45) is 0 Å². The molecule has 5 heteroatoms. The molecule has 0 aliphatic heterocycles. The second-order valence-electron chi connectivity index (χ2n) is 6.35. The topological polar surface area (TPSA) is 43.4 Å². The van der Waals surface area contributed by atoms with Crippen LogP contribution in [0.15, 0.2) is 0 Å². The van der Waals surface area contributed by atoms with E-state index in [-0.39, 0.29) is 7.92 Å². The van der Waals surface area contributed by atoms with E-state index >= 15 is 0 Å². The van der Waals surface area contributed by atoms with Gasteiger partial charge >= 0.3 is 0 Å². The van der Waals surface area contributed by atoms with Crippen LogP contribution >= 0.6 is 7.92 Å². The molecule has 0 aromatic carbocycles. The Bertz CT molecular complexity index is 353. The standard InChI is InChI=1S/C15H29O3PS/c1-20(16,17)18-12-13-19(14-8-4-2-5-9-14)15-10-6-3-7-11-15/h14-15H,2-13H2,1H3. The zero-order valence-corrected chi connectivity index (χ0v) is 14.4. The fourth-order valence-corrected chi connectivity index (χ4v) is 7.98. The van der Waals surface area contributed by atoms with Gasteiger partial charge in [0.25, 0.3) is 10.1 Å². The first-order valence-electron chi connectivity index (χ1n) is 8.16. The fraction of sp³-hybridized carbons (Fsp3) is 1.00. The SMILES string of the molecule is CS(=O)(=O)OCCP(C1CCCCC1)C1CCCCC1. The summed E-state index contributed by atoms with van der Waals surface area (Å²) >= 11 is 0. The van der Waals surface area contributed by atoms with Crippen molar-refractivity contribution in [3.05, 3.63) is 0 Å². The summed E-state index contributed by atoms with van der Waals surface area (Å²) in [6.45, 7) is 0.414. The third kappa shape index (κ3) is 5.61. The van der Waals surface area contributed by atoms with Gasteiger partial charge in [-0.15, -0.1) is 0 Å². The molecule has 0 saturated heterocycles. The average molecular weight is 320 g/mol. The molecule has 0 spiro atoms. The van der Waals surface area contributed by atoms with Crippen LogP contribution in [0.4, 0.5) is 0 Å². The van der Waals surface area contributed by atoms with Gasteiger partial charge < -0.3 is 0 Å². The van der Waals surface area contributed by atoms with Crippen LogP contribution in [-0.4, -0.2) is 38.8 Å². The van der Waals surface area contributed by atoms with Gasteiger partial charge in [0.15, 0.2) is 0 Å². The summed E-state index contributed by atoms with van der Waals surface area (Å²) in [7, 11) is -3.31. The smallest absolute Gasteiger partial charge is 0.264 e. The van der Waals surface area contributed by atoms with Crippen molar-refractivity contribution in [3.8, 4) is 0 Å². The van der Waals surface area contributed by atoms with Crippen molar-refractivity contribution in [1.82, 2.24) is 0 Å². The van der Waals surface area contributed by atoms with Gasteiger partial charge in [-0.1, -0.05) is 46.4 Å². The predicted octanol–water partition coefficient (Wildman–Crippen LogP) is 4.11. The fourth-order valence-electron chi connectivity index (χ4n) is 3.78. The molecule has 0 radical (unpaired) electrons. The molecule has 0 heterocycles. The Morgan fingerprint density at radius 2 is 1.35 bits per heavy atom. The molecule has 2 fully saturated rings. The van der Waals surface area contributed by atoms with Gasteiger partial charge in [-0.05, 0) is 43.2 Å². The highest BCUT2D eigenvalue weighted by Gasteiger charge is 2.30. The number of hydrogen-bond donors (Lipinski definition) is 0. The van der Waals surface area contributed by atoms with Crippen molar-refractivity contribution >= 4 is 18.0 Å². The molecule has 0 bridgehead atoms. The summed E-state index contributed by atoms with van der Waals surface area (Å²) < 4.78 is 27.3. The number of hydrogen-bond acceptors (Lipinski definition) is 3. The molecule has 2 saturated carbocycles. The molecule has 0 unspecified atom stereocenters. The molecule has 0 aromatic rings. The first-order chi connectivity index (χ1) is 9.56. The van der Waals surface area contributed by atoms with Crippen LogP contribution in [-0.2, 0) is 14.3 Å². The third-order valence-electron chi connectivity index (χ3n) is 4.73. The minimum atomic E-state index is -3.27. The van der Waals surface area contributed by atoms with Crippen molar-refractivity contribution < 1.29 is 12.6 Å². The normalized spacial score (nSPS) is 23.3. The van der Waals surface area contributed by atoms with Gasteiger partial charge in [0.1, 0.15) is 0 Å². The van der Waals surface area contributed by atoms with E-state index in [0.717, 1.165) is 23.7 Å². The van der Waals surface area contributed by atoms with E-state index in [1.807, 2.05) is 0 Å². The van der Waals surface area contributed by atoms with Crippen molar-refractivity contribution in [1.29, 1.82) is 0 Å². The highest BCUT2D eigenvalue weighted by molar-refractivity contribution is 7.86. The highest BCUT2D eigenvalue weighted by atomic mass is 32.2. The molecule has 0 atom stereocenters. The average Bonchev–Trinajstić information content (AvgIpc) is 2.44. The van der Waals surface area contributed by atoms with Crippen LogP contribution in [0.2, 0.25) is 0 Å². The van der Waals surface area contributed by atoms with E-state index in [4.69, 9.17) is 4.18 Å². The molecular weight excluding hydrogens is 291 g/mol.